The topological polar surface area (TPSA) is 101 Å². The van der Waals surface area contributed by atoms with Crippen LogP contribution in [0, 0.1) is 0 Å². The number of sulfone groups is 2. The van der Waals surface area contributed by atoms with Gasteiger partial charge in [-0.1, -0.05) is 26.8 Å². The van der Waals surface area contributed by atoms with Gasteiger partial charge in [0.15, 0.2) is 0 Å². The number of anilines is 1. The molecular formula is C22H38N2O6S2. The highest BCUT2D eigenvalue weighted by atomic mass is 32.2. The minimum atomic E-state index is -3.24. The van der Waals surface area contributed by atoms with Crippen LogP contribution in [0.1, 0.15) is 52.1 Å². The molecule has 184 valence electrons. The van der Waals surface area contributed by atoms with Crippen molar-refractivity contribution in [2.24, 2.45) is 0 Å². The third kappa shape index (κ3) is 9.87. The van der Waals surface area contributed by atoms with Gasteiger partial charge in [0.05, 0.1) is 11.5 Å². The lowest BCUT2D eigenvalue weighted by Gasteiger charge is -2.30. The molecule has 0 bridgehead atoms. The SMILES string of the molecule is CCCC(=O)Oc1cc(N(CCS(C)(=O)=O)CCS(C)(=O)=O)ccc1C(C)N(CC)CC. The third-order valence-corrected chi connectivity index (χ3v) is 7.16. The Morgan fingerprint density at radius 1 is 0.969 bits per heavy atom. The number of hydrogen-bond acceptors (Lipinski definition) is 8. The quantitative estimate of drug-likeness (QED) is 0.290. The molecule has 0 aliphatic carbocycles. The maximum absolute atomic E-state index is 12.3. The lowest BCUT2D eigenvalue weighted by Crippen LogP contribution is -2.33. The molecule has 8 nitrogen and oxygen atoms in total. The van der Waals surface area contributed by atoms with E-state index < -0.39 is 19.7 Å². The minimum absolute atomic E-state index is 0.00367. The summed E-state index contributed by atoms with van der Waals surface area (Å²) in [6, 6.07) is 5.43. The monoisotopic (exact) mass is 490 g/mol. The molecule has 0 aliphatic rings. The van der Waals surface area contributed by atoms with Crippen LogP contribution in [-0.4, -0.2) is 77.9 Å². The average molecular weight is 491 g/mol. The average Bonchev–Trinajstić information content (AvgIpc) is 2.67. The van der Waals surface area contributed by atoms with Crippen LogP contribution in [-0.2, 0) is 24.5 Å². The Balaban J connectivity index is 3.40. The van der Waals surface area contributed by atoms with E-state index in [0.717, 1.165) is 31.2 Å². The Bertz CT molecular complexity index is 921. The number of hydrogen-bond donors (Lipinski definition) is 0. The van der Waals surface area contributed by atoms with E-state index in [0.29, 0.717) is 17.9 Å². The van der Waals surface area contributed by atoms with Gasteiger partial charge in [-0.3, -0.25) is 9.69 Å². The molecule has 0 saturated heterocycles. The van der Waals surface area contributed by atoms with Crippen LogP contribution in [0.2, 0.25) is 0 Å². The largest absolute Gasteiger partial charge is 0.426 e. The highest BCUT2D eigenvalue weighted by molar-refractivity contribution is 7.90. The van der Waals surface area contributed by atoms with Crippen LogP contribution in [0.5, 0.6) is 5.75 Å². The smallest absolute Gasteiger partial charge is 0.311 e. The number of carbonyl (C=O) groups is 1. The molecule has 0 fully saturated rings. The zero-order chi connectivity index (χ0) is 24.5. The molecule has 0 heterocycles. The number of benzene rings is 1. The van der Waals surface area contributed by atoms with Gasteiger partial charge in [-0.2, -0.15) is 0 Å². The van der Waals surface area contributed by atoms with Crippen LogP contribution in [0.4, 0.5) is 5.69 Å². The Hall–Kier alpha value is -1.65. The Kier molecular flexibility index (Phi) is 11.1. The molecule has 32 heavy (non-hydrogen) atoms. The molecule has 1 aromatic carbocycles. The van der Waals surface area contributed by atoms with Crippen molar-refractivity contribution in [3.8, 4) is 5.75 Å². The molecular weight excluding hydrogens is 452 g/mol. The summed E-state index contributed by atoms with van der Waals surface area (Å²) in [5.41, 5.74) is 1.47. The summed E-state index contributed by atoms with van der Waals surface area (Å²) in [6.07, 6.45) is 3.24. The van der Waals surface area contributed by atoms with Crippen molar-refractivity contribution in [3.05, 3.63) is 23.8 Å². The van der Waals surface area contributed by atoms with Crippen molar-refractivity contribution in [2.45, 2.75) is 46.6 Å². The number of carbonyl (C=O) groups excluding carboxylic acids is 1. The molecule has 0 spiro atoms. The van der Waals surface area contributed by atoms with Gasteiger partial charge < -0.3 is 9.64 Å². The predicted octanol–water partition coefficient (Wildman–Crippen LogP) is 2.69. The van der Waals surface area contributed by atoms with Crippen LogP contribution >= 0.6 is 0 Å². The first-order chi connectivity index (χ1) is 14.8. The summed E-state index contributed by atoms with van der Waals surface area (Å²) >= 11 is 0. The van der Waals surface area contributed by atoms with Crippen LogP contribution in [0.15, 0.2) is 18.2 Å². The molecule has 1 unspecified atom stereocenters. The van der Waals surface area contributed by atoms with Gasteiger partial charge in [-0.05, 0) is 32.5 Å². The molecule has 1 rings (SSSR count). The van der Waals surface area contributed by atoms with Gasteiger partial charge in [0.1, 0.15) is 25.4 Å². The molecule has 0 aliphatic heterocycles. The molecule has 1 atom stereocenters. The normalized spacial score (nSPS) is 13.2. The van der Waals surface area contributed by atoms with Crippen LogP contribution in [0.25, 0.3) is 0 Å². The minimum Gasteiger partial charge on any atom is -0.426 e. The Morgan fingerprint density at radius 3 is 1.94 bits per heavy atom. The van der Waals surface area contributed by atoms with Crippen molar-refractivity contribution < 1.29 is 26.4 Å². The summed E-state index contributed by atoms with van der Waals surface area (Å²) in [5.74, 6) is -0.140. The van der Waals surface area contributed by atoms with Crippen molar-refractivity contribution in [1.29, 1.82) is 0 Å². The van der Waals surface area contributed by atoms with Gasteiger partial charge in [0, 0.05) is 55.4 Å². The highest BCUT2D eigenvalue weighted by Crippen LogP contribution is 2.33. The standard InChI is InChI=1S/C22H38N2O6S2/c1-7-10-22(25)30-21-17-19(11-12-20(21)18(4)23(8-2)9-3)24(13-15-31(5,26)27)14-16-32(6,28)29/h11-12,17-18H,7-10,13-16H2,1-6H3. The lowest BCUT2D eigenvalue weighted by molar-refractivity contribution is -0.134. The maximum Gasteiger partial charge on any atom is 0.311 e. The second-order valence-electron chi connectivity index (χ2n) is 8.09. The Labute approximate surface area is 193 Å². The van der Waals surface area contributed by atoms with Crippen molar-refractivity contribution >= 4 is 31.3 Å². The zero-order valence-electron chi connectivity index (χ0n) is 20.1. The van der Waals surface area contributed by atoms with E-state index >= 15 is 0 Å². The summed E-state index contributed by atoms with van der Waals surface area (Å²) in [4.78, 5) is 16.2. The number of nitrogens with zero attached hydrogens (tertiary/aromatic N) is 2. The maximum atomic E-state index is 12.3. The molecule has 0 amide bonds. The van der Waals surface area contributed by atoms with Crippen molar-refractivity contribution in [2.75, 3.05) is 55.1 Å². The first kappa shape index (κ1) is 28.4. The Morgan fingerprint density at radius 2 is 1.50 bits per heavy atom. The van der Waals surface area contributed by atoms with Gasteiger partial charge in [-0.25, -0.2) is 16.8 Å². The van der Waals surface area contributed by atoms with Crippen LogP contribution in [0.3, 0.4) is 0 Å². The van der Waals surface area contributed by atoms with E-state index in [1.165, 1.54) is 0 Å². The van der Waals surface area contributed by atoms with E-state index in [-0.39, 0.29) is 43.0 Å². The second-order valence-corrected chi connectivity index (χ2v) is 12.6. The highest BCUT2D eigenvalue weighted by Gasteiger charge is 2.21. The van der Waals surface area contributed by atoms with Gasteiger partial charge in [0.25, 0.3) is 0 Å². The number of rotatable bonds is 14. The predicted molar refractivity (Wildman–Crippen MR) is 130 cm³/mol. The number of ether oxygens (including phenoxy) is 1. The van der Waals surface area contributed by atoms with Gasteiger partial charge in [-0.15, -0.1) is 0 Å². The molecule has 1 aromatic rings. The van der Waals surface area contributed by atoms with E-state index in [2.05, 4.69) is 18.7 Å². The second kappa shape index (κ2) is 12.6. The zero-order valence-corrected chi connectivity index (χ0v) is 21.8. The van der Waals surface area contributed by atoms with Crippen molar-refractivity contribution in [1.82, 2.24) is 4.90 Å². The fraction of sp³-hybridized carbons (Fsp3) is 0.682. The first-order valence-electron chi connectivity index (χ1n) is 11.0. The van der Waals surface area contributed by atoms with E-state index in [4.69, 9.17) is 4.74 Å². The fourth-order valence-corrected chi connectivity index (χ4v) is 4.53. The van der Waals surface area contributed by atoms with Gasteiger partial charge in [0.2, 0.25) is 0 Å². The summed E-state index contributed by atoms with van der Waals surface area (Å²) in [5, 5.41) is 0. The van der Waals surface area contributed by atoms with Crippen molar-refractivity contribution in [3.63, 3.8) is 0 Å². The summed E-state index contributed by atoms with van der Waals surface area (Å²) in [6.45, 7) is 10.0. The first-order valence-corrected chi connectivity index (χ1v) is 15.1. The molecule has 10 heteroatoms. The molecule has 0 saturated carbocycles. The summed E-state index contributed by atoms with van der Waals surface area (Å²) < 4.78 is 52.6. The molecule has 0 aromatic heterocycles. The van der Waals surface area contributed by atoms with E-state index in [1.54, 1.807) is 11.0 Å². The molecule has 0 N–H and O–H groups in total. The lowest BCUT2D eigenvalue weighted by atomic mass is 10.0. The number of esters is 1. The third-order valence-electron chi connectivity index (χ3n) is 5.31. The van der Waals surface area contributed by atoms with Crippen LogP contribution < -0.4 is 9.64 Å². The summed E-state index contributed by atoms with van der Waals surface area (Å²) in [7, 11) is -6.48. The fourth-order valence-electron chi connectivity index (χ4n) is 3.42. The van der Waals surface area contributed by atoms with E-state index in [9.17, 15) is 21.6 Å². The van der Waals surface area contributed by atoms with Gasteiger partial charge >= 0.3 is 5.97 Å². The van der Waals surface area contributed by atoms with E-state index in [1.807, 2.05) is 26.0 Å². The molecule has 0 radical (unpaired) electrons.